The molecule has 2 atom stereocenters. The predicted molar refractivity (Wildman–Crippen MR) is 100 cm³/mol. The molecule has 6 heteroatoms. The van der Waals surface area contributed by atoms with Gasteiger partial charge in [-0.25, -0.2) is 9.67 Å². The van der Waals surface area contributed by atoms with Crippen LogP contribution in [-0.4, -0.2) is 37.1 Å². The average Bonchev–Trinajstić information content (AvgIpc) is 3.28. The zero-order valence-electron chi connectivity index (χ0n) is 15.2. The van der Waals surface area contributed by atoms with Gasteiger partial charge in [0.2, 0.25) is 5.82 Å². The Morgan fingerprint density at radius 1 is 1.15 bits per heavy atom. The Hall–Kier alpha value is -3.02. The number of rotatable bonds is 2. The van der Waals surface area contributed by atoms with Gasteiger partial charge in [-0.3, -0.25) is 9.78 Å². The SMILES string of the molecule is C[C@H]1C[C@@H](c2ccccc2)n2nc(C(=O)N3CCc4cccnc4C3)nc21. The van der Waals surface area contributed by atoms with Gasteiger partial charge in [-0.2, -0.15) is 0 Å². The van der Waals surface area contributed by atoms with Crippen molar-refractivity contribution in [3.05, 3.63) is 77.1 Å². The molecular formula is C21H21N5O. The number of amides is 1. The lowest BCUT2D eigenvalue weighted by Gasteiger charge is -2.27. The first-order valence-corrected chi connectivity index (χ1v) is 9.44. The number of carbonyl (C=O) groups is 1. The van der Waals surface area contributed by atoms with Gasteiger partial charge in [-0.05, 0) is 30.0 Å². The zero-order valence-corrected chi connectivity index (χ0v) is 15.2. The van der Waals surface area contributed by atoms with E-state index in [9.17, 15) is 4.79 Å². The fourth-order valence-electron chi connectivity index (χ4n) is 4.16. The topological polar surface area (TPSA) is 63.9 Å². The molecule has 0 unspecified atom stereocenters. The van der Waals surface area contributed by atoms with Crippen molar-refractivity contribution in [3.8, 4) is 0 Å². The average molecular weight is 359 g/mol. The maximum absolute atomic E-state index is 13.0. The first-order valence-electron chi connectivity index (χ1n) is 9.44. The second-order valence-corrected chi connectivity index (χ2v) is 7.39. The van der Waals surface area contributed by atoms with Crippen molar-refractivity contribution >= 4 is 5.91 Å². The summed E-state index contributed by atoms with van der Waals surface area (Å²) in [5.41, 5.74) is 3.40. The second-order valence-electron chi connectivity index (χ2n) is 7.39. The molecule has 2 aliphatic rings. The van der Waals surface area contributed by atoms with Crippen LogP contribution in [0.25, 0.3) is 0 Å². The highest BCUT2D eigenvalue weighted by molar-refractivity contribution is 5.90. The number of nitrogens with zero attached hydrogens (tertiary/aromatic N) is 5. The van der Waals surface area contributed by atoms with Crippen LogP contribution in [0.5, 0.6) is 0 Å². The third-order valence-corrected chi connectivity index (χ3v) is 5.61. The van der Waals surface area contributed by atoms with Gasteiger partial charge in [0.05, 0.1) is 18.3 Å². The molecule has 0 N–H and O–H groups in total. The highest BCUT2D eigenvalue weighted by atomic mass is 16.2. The van der Waals surface area contributed by atoms with Crippen LogP contribution in [-0.2, 0) is 13.0 Å². The van der Waals surface area contributed by atoms with Crippen molar-refractivity contribution in [2.75, 3.05) is 6.54 Å². The van der Waals surface area contributed by atoms with Crippen molar-refractivity contribution < 1.29 is 4.79 Å². The van der Waals surface area contributed by atoms with E-state index in [1.807, 2.05) is 33.8 Å². The highest BCUT2D eigenvalue weighted by Gasteiger charge is 2.35. The number of carbonyl (C=O) groups excluding carboxylic acids is 1. The molecule has 0 radical (unpaired) electrons. The van der Waals surface area contributed by atoms with Crippen molar-refractivity contribution in [2.24, 2.45) is 0 Å². The summed E-state index contributed by atoms with van der Waals surface area (Å²) in [5.74, 6) is 1.39. The van der Waals surface area contributed by atoms with Crippen molar-refractivity contribution in [3.63, 3.8) is 0 Å². The lowest BCUT2D eigenvalue weighted by Crippen LogP contribution is -2.37. The second kappa shape index (κ2) is 6.30. The van der Waals surface area contributed by atoms with Crippen LogP contribution in [0.1, 0.15) is 58.6 Å². The minimum Gasteiger partial charge on any atom is -0.330 e. The van der Waals surface area contributed by atoms with Gasteiger partial charge in [0.15, 0.2) is 0 Å². The van der Waals surface area contributed by atoms with Crippen LogP contribution in [0.4, 0.5) is 0 Å². The molecule has 2 aromatic heterocycles. The number of fused-ring (bicyclic) bond motifs is 2. The third kappa shape index (κ3) is 2.72. The van der Waals surface area contributed by atoms with E-state index in [-0.39, 0.29) is 17.9 Å². The van der Waals surface area contributed by atoms with Gasteiger partial charge < -0.3 is 4.90 Å². The van der Waals surface area contributed by atoms with Crippen LogP contribution >= 0.6 is 0 Å². The molecular weight excluding hydrogens is 338 g/mol. The van der Waals surface area contributed by atoms with E-state index in [1.54, 1.807) is 6.20 Å². The molecule has 27 heavy (non-hydrogen) atoms. The zero-order chi connectivity index (χ0) is 18.4. The number of hydrogen-bond acceptors (Lipinski definition) is 4. The standard InChI is InChI=1S/C21H21N5O/c1-14-12-18(16-6-3-2-4-7-16)26-20(14)23-19(24-26)21(27)25-11-9-15-8-5-10-22-17(15)13-25/h2-8,10,14,18H,9,11-13H2,1H3/t14-,18-/m0/s1. The number of benzene rings is 1. The first kappa shape index (κ1) is 16.2. The highest BCUT2D eigenvalue weighted by Crippen LogP contribution is 2.38. The number of pyridine rings is 1. The van der Waals surface area contributed by atoms with Gasteiger partial charge in [-0.15, -0.1) is 5.10 Å². The van der Waals surface area contributed by atoms with Gasteiger partial charge in [0, 0.05) is 18.7 Å². The minimum atomic E-state index is -0.104. The van der Waals surface area contributed by atoms with E-state index in [0.29, 0.717) is 18.9 Å². The summed E-state index contributed by atoms with van der Waals surface area (Å²) < 4.78 is 1.95. The summed E-state index contributed by atoms with van der Waals surface area (Å²) in [4.78, 5) is 23.9. The molecule has 136 valence electrons. The molecule has 0 spiro atoms. The molecule has 0 bridgehead atoms. The number of aromatic nitrogens is 4. The third-order valence-electron chi connectivity index (χ3n) is 5.61. The Kier molecular flexibility index (Phi) is 3.77. The van der Waals surface area contributed by atoms with E-state index in [1.165, 1.54) is 11.1 Å². The maximum atomic E-state index is 13.0. The largest absolute Gasteiger partial charge is 0.330 e. The summed E-state index contributed by atoms with van der Waals surface area (Å²) in [6, 6.07) is 14.5. The monoisotopic (exact) mass is 359 g/mol. The van der Waals surface area contributed by atoms with Crippen LogP contribution in [0.15, 0.2) is 48.7 Å². The molecule has 4 heterocycles. The molecule has 6 nitrogen and oxygen atoms in total. The molecule has 1 aromatic carbocycles. The van der Waals surface area contributed by atoms with Crippen LogP contribution < -0.4 is 0 Å². The van der Waals surface area contributed by atoms with Crippen LogP contribution in [0.3, 0.4) is 0 Å². The van der Waals surface area contributed by atoms with E-state index in [0.717, 1.165) is 24.4 Å². The van der Waals surface area contributed by atoms with Crippen molar-refractivity contribution in [1.82, 2.24) is 24.6 Å². The first-order chi connectivity index (χ1) is 13.2. The molecule has 2 aliphatic heterocycles. The molecule has 0 fully saturated rings. The Bertz CT molecular complexity index is 997. The summed E-state index contributed by atoms with van der Waals surface area (Å²) in [6.07, 6.45) is 3.57. The Morgan fingerprint density at radius 2 is 2.00 bits per heavy atom. The van der Waals surface area contributed by atoms with Crippen LogP contribution in [0.2, 0.25) is 0 Å². The molecule has 0 aliphatic carbocycles. The van der Waals surface area contributed by atoms with E-state index < -0.39 is 0 Å². The summed E-state index contributed by atoms with van der Waals surface area (Å²) in [6.45, 7) is 3.36. The fraction of sp³-hybridized carbons (Fsp3) is 0.333. The molecule has 3 aromatic rings. The van der Waals surface area contributed by atoms with Crippen molar-refractivity contribution in [2.45, 2.75) is 38.3 Å². The fourth-order valence-corrected chi connectivity index (χ4v) is 4.16. The normalized spacial score (nSPS) is 21.0. The van der Waals surface area contributed by atoms with Gasteiger partial charge >= 0.3 is 0 Å². The van der Waals surface area contributed by atoms with E-state index in [4.69, 9.17) is 0 Å². The summed E-state index contributed by atoms with van der Waals surface area (Å²) in [5, 5.41) is 4.62. The molecule has 0 saturated heterocycles. The smallest absolute Gasteiger partial charge is 0.293 e. The van der Waals surface area contributed by atoms with Crippen LogP contribution in [0, 0.1) is 0 Å². The quantitative estimate of drug-likeness (QED) is 0.706. The molecule has 1 amide bonds. The Morgan fingerprint density at radius 3 is 2.85 bits per heavy atom. The minimum absolute atomic E-state index is 0.104. The van der Waals surface area contributed by atoms with E-state index in [2.05, 4.69) is 40.2 Å². The van der Waals surface area contributed by atoms with Gasteiger partial charge in [-0.1, -0.05) is 43.3 Å². The predicted octanol–water partition coefficient (Wildman–Crippen LogP) is 2.97. The molecule has 0 saturated carbocycles. The van der Waals surface area contributed by atoms with Gasteiger partial charge in [0.25, 0.3) is 5.91 Å². The van der Waals surface area contributed by atoms with Crippen molar-refractivity contribution in [1.29, 1.82) is 0 Å². The Balaban J connectivity index is 1.43. The number of hydrogen-bond donors (Lipinski definition) is 0. The summed E-state index contributed by atoms with van der Waals surface area (Å²) in [7, 11) is 0. The molecule has 5 rings (SSSR count). The lowest BCUT2D eigenvalue weighted by atomic mass is 10.0. The van der Waals surface area contributed by atoms with E-state index >= 15 is 0 Å². The van der Waals surface area contributed by atoms with Gasteiger partial charge in [0.1, 0.15) is 5.82 Å². The summed E-state index contributed by atoms with van der Waals surface area (Å²) >= 11 is 0. The lowest BCUT2D eigenvalue weighted by molar-refractivity contribution is 0.0718. The Labute approximate surface area is 157 Å². The maximum Gasteiger partial charge on any atom is 0.293 e.